The van der Waals surface area contributed by atoms with E-state index in [0.717, 1.165) is 18.6 Å². The second-order valence-corrected chi connectivity index (χ2v) is 4.68. The molecular weight excluding hydrogens is 248 g/mol. The van der Waals surface area contributed by atoms with Crippen LogP contribution in [0.1, 0.15) is 24.5 Å². The summed E-state index contributed by atoms with van der Waals surface area (Å²) in [7, 11) is 3.34. The van der Waals surface area contributed by atoms with Crippen molar-refractivity contribution in [2.24, 2.45) is 0 Å². The Balaban J connectivity index is 2.70. The van der Waals surface area contributed by atoms with E-state index in [9.17, 15) is 0 Å². The lowest BCUT2D eigenvalue weighted by Gasteiger charge is -2.10. The van der Waals surface area contributed by atoms with Gasteiger partial charge >= 0.3 is 0 Å². The molecule has 0 aliphatic carbocycles. The molecule has 1 aromatic carbocycles. The summed E-state index contributed by atoms with van der Waals surface area (Å²) >= 11 is 0. The molecule has 0 aliphatic heterocycles. The van der Waals surface area contributed by atoms with Crippen molar-refractivity contribution < 1.29 is 9.47 Å². The maximum atomic E-state index is 5.44. The Hall–Kier alpha value is -1.96. The Morgan fingerprint density at radius 2 is 2.00 bits per heavy atom. The maximum Gasteiger partial charge on any atom is 0.122 e. The van der Waals surface area contributed by atoms with E-state index in [-0.39, 0.29) is 0 Å². The second-order valence-electron chi connectivity index (χ2n) is 4.68. The minimum atomic E-state index is 0.664. The molecule has 1 aromatic rings. The average molecular weight is 272 g/mol. The zero-order chi connectivity index (χ0) is 15.0. The normalized spacial score (nSPS) is 11.7. The maximum absolute atomic E-state index is 5.44. The van der Waals surface area contributed by atoms with Gasteiger partial charge in [-0.3, -0.25) is 0 Å². The summed E-state index contributed by atoms with van der Waals surface area (Å²) < 4.78 is 10.5. The van der Waals surface area contributed by atoms with Crippen LogP contribution in [0.15, 0.2) is 54.3 Å². The molecule has 0 amide bonds. The number of methoxy groups -OCH3 is 2. The Bertz CT molecular complexity index is 510. The highest BCUT2D eigenvalue weighted by atomic mass is 16.5. The summed E-state index contributed by atoms with van der Waals surface area (Å²) in [6.45, 7) is 7.89. The first-order valence-electron chi connectivity index (χ1n) is 6.80. The van der Waals surface area contributed by atoms with Crippen LogP contribution in [0.3, 0.4) is 0 Å². The van der Waals surface area contributed by atoms with Gasteiger partial charge in [-0.05, 0) is 50.0 Å². The lowest BCUT2D eigenvalue weighted by Crippen LogP contribution is -1.94. The van der Waals surface area contributed by atoms with Crippen molar-refractivity contribution in [3.05, 3.63) is 65.5 Å². The van der Waals surface area contributed by atoms with E-state index in [4.69, 9.17) is 9.47 Å². The van der Waals surface area contributed by atoms with Crippen LogP contribution < -0.4 is 4.74 Å². The van der Waals surface area contributed by atoms with Gasteiger partial charge in [-0.15, -0.1) is 0 Å². The number of hydrogen-bond acceptors (Lipinski definition) is 2. The van der Waals surface area contributed by atoms with Gasteiger partial charge in [0.2, 0.25) is 0 Å². The van der Waals surface area contributed by atoms with Crippen LogP contribution in [0, 0.1) is 6.92 Å². The summed E-state index contributed by atoms with van der Waals surface area (Å²) in [5, 5.41) is 0. The summed E-state index contributed by atoms with van der Waals surface area (Å²) in [6.07, 6.45) is 7.96. The standard InChI is InChI=1S/C18H24O2/c1-6-16(9-8-15(3)19-4)10-12-17-11-7-14(2)13-18(17)20-5/h6-9,11,13H,3,10,12H2,1-2,4-5H3/b9-8-,16-6+. The van der Waals surface area contributed by atoms with Gasteiger partial charge in [0, 0.05) is 0 Å². The van der Waals surface area contributed by atoms with Gasteiger partial charge in [-0.2, -0.15) is 0 Å². The smallest absolute Gasteiger partial charge is 0.122 e. The van der Waals surface area contributed by atoms with Crippen LogP contribution in [0.4, 0.5) is 0 Å². The first-order valence-corrected chi connectivity index (χ1v) is 6.80. The molecule has 0 aromatic heterocycles. The van der Waals surface area contributed by atoms with Crippen molar-refractivity contribution in [1.82, 2.24) is 0 Å². The third-order valence-electron chi connectivity index (χ3n) is 3.24. The minimum Gasteiger partial charge on any atom is -0.497 e. The van der Waals surface area contributed by atoms with Crippen LogP contribution >= 0.6 is 0 Å². The molecule has 2 nitrogen and oxygen atoms in total. The molecule has 0 radical (unpaired) electrons. The van der Waals surface area contributed by atoms with Gasteiger partial charge in [0.15, 0.2) is 0 Å². The minimum absolute atomic E-state index is 0.664. The van der Waals surface area contributed by atoms with Crippen LogP contribution in [-0.4, -0.2) is 14.2 Å². The zero-order valence-electron chi connectivity index (χ0n) is 12.9. The zero-order valence-corrected chi connectivity index (χ0v) is 12.9. The second kappa shape index (κ2) is 8.26. The van der Waals surface area contributed by atoms with E-state index in [1.54, 1.807) is 14.2 Å². The van der Waals surface area contributed by atoms with E-state index in [1.807, 2.05) is 19.1 Å². The number of ether oxygens (including phenoxy) is 2. The number of allylic oxidation sites excluding steroid dienone is 4. The van der Waals surface area contributed by atoms with Crippen molar-refractivity contribution >= 4 is 0 Å². The molecule has 0 unspecified atom stereocenters. The molecule has 20 heavy (non-hydrogen) atoms. The Labute approximate surface area is 122 Å². The molecule has 0 heterocycles. The molecule has 0 bridgehead atoms. The van der Waals surface area contributed by atoms with Crippen LogP contribution in [0.2, 0.25) is 0 Å². The highest BCUT2D eigenvalue weighted by molar-refractivity contribution is 5.38. The highest BCUT2D eigenvalue weighted by Gasteiger charge is 2.03. The molecule has 1 rings (SSSR count). The molecule has 0 saturated carbocycles. The topological polar surface area (TPSA) is 18.5 Å². The van der Waals surface area contributed by atoms with Crippen LogP contribution in [0.5, 0.6) is 5.75 Å². The first kappa shape index (κ1) is 16.1. The van der Waals surface area contributed by atoms with Crippen molar-refractivity contribution in [2.75, 3.05) is 14.2 Å². The molecule has 0 atom stereocenters. The molecule has 0 aliphatic rings. The monoisotopic (exact) mass is 272 g/mol. The van der Waals surface area contributed by atoms with E-state index >= 15 is 0 Å². The molecule has 0 N–H and O–H groups in total. The van der Waals surface area contributed by atoms with Crippen LogP contribution in [-0.2, 0) is 11.2 Å². The largest absolute Gasteiger partial charge is 0.497 e. The fraction of sp³-hybridized carbons (Fsp3) is 0.333. The predicted octanol–water partition coefficient (Wildman–Crippen LogP) is 4.60. The number of hydrogen-bond donors (Lipinski definition) is 0. The van der Waals surface area contributed by atoms with Gasteiger partial charge in [0.05, 0.1) is 14.2 Å². The fourth-order valence-electron chi connectivity index (χ4n) is 1.93. The van der Waals surface area contributed by atoms with Gasteiger partial charge in [-0.1, -0.05) is 36.4 Å². The Morgan fingerprint density at radius 1 is 1.25 bits per heavy atom. The van der Waals surface area contributed by atoms with E-state index in [0.29, 0.717) is 5.76 Å². The summed E-state index contributed by atoms with van der Waals surface area (Å²) in [6, 6.07) is 6.34. The van der Waals surface area contributed by atoms with Gasteiger partial charge < -0.3 is 9.47 Å². The third-order valence-corrected chi connectivity index (χ3v) is 3.24. The van der Waals surface area contributed by atoms with Crippen molar-refractivity contribution in [1.29, 1.82) is 0 Å². The molecule has 0 spiro atoms. The van der Waals surface area contributed by atoms with Crippen molar-refractivity contribution in [3.8, 4) is 5.75 Å². The van der Waals surface area contributed by atoms with E-state index in [1.165, 1.54) is 16.7 Å². The molecule has 2 heteroatoms. The molecule has 0 saturated heterocycles. The third kappa shape index (κ3) is 4.96. The average Bonchev–Trinajstić information content (AvgIpc) is 2.47. The first-order chi connectivity index (χ1) is 9.60. The van der Waals surface area contributed by atoms with Crippen molar-refractivity contribution in [3.63, 3.8) is 0 Å². The van der Waals surface area contributed by atoms with E-state index in [2.05, 4.69) is 37.8 Å². The summed E-state index contributed by atoms with van der Waals surface area (Å²) in [4.78, 5) is 0. The van der Waals surface area contributed by atoms with Crippen molar-refractivity contribution in [2.45, 2.75) is 26.7 Å². The highest BCUT2D eigenvalue weighted by Crippen LogP contribution is 2.23. The molecular formula is C18H24O2. The number of aryl methyl sites for hydroxylation is 2. The predicted molar refractivity (Wildman–Crippen MR) is 85.1 cm³/mol. The summed E-state index contributed by atoms with van der Waals surface area (Å²) in [5.74, 6) is 1.63. The lowest BCUT2D eigenvalue weighted by molar-refractivity contribution is 0.309. The van der Waals surface area contributed by atoms with E-state index < -0.39 is 0 Å². The number of benzene rings is 1. The quantitative estimate of drug-likeness (QED) is 0.533. The van der Waals surface area contributed by atoms with Gasteiger partial charge in [0.25, 0.3) is 0 Å². The number of rotatable bonds is 7. The molecule has 108 valence electrons. The van der Waals surface area contributed by atoms with Gasteiger partial charge in [0.1, 0.15) is 11.5 Å². The molecule has 0 fully saturated rings. The van der Waals surface area contributed by atoms with Crippen LogP contribution in [0.25, 0.3) is 0 Å². The lowest BCUT2D eigenvalue weighted by atomic mass is 10.0. The Kier molecular flexibility index (Phi) is 6.65. The summed E-state index contributed by atoms with van der Waals surface area (Å²) in [5.41, 5.74) is 3.70. The Morgan fingerprint density at radius 3 is 2.60 bits per heavy atom. The SMILES string of the molecule is C=C(/C=C\C(=C/C)CCc1ccc(C)cc1OC)OC. The van der Waals surface area contributed by atoms with Gasteiger partial charge in [-0.25, -0.2) is 0 Å². The fourth-order valence-corrected chi connectivity index (χ4v) is 1.93.